The van der Waals surface area contributed by atoms with Crippen LogP contribution in [0.1, 0.15) is 31.0 Å². The first-order valence-corrected chi connectivity index (χ1v) is 5.70. The minimum absolute atomic E-state index is 0.0333. The SMILES string of the molecule is NC1(c2noc(CSC(F)(F)F)n2)CCC1. The fourth-order valence-corrected chi connectivity index (χ4v) is 1.84. The molecule has 1 aromatic rings. The molecule has 2 N–H and O–H groups in total. The van der Waals surface area contributed by atoms with Crippen LogP contribution < -0.4 is 5.73 Å². The molecule has 0 bridgehead atoms. The highest BCUT2D eigenvalue weighted by molar-refractivity contribution is 7.99. The van der Waals surface area contributed by atoms with Gasteiger partial charge in [0.25, 0.3) is 0 Å². The lowest BCUT2D eigenvalue weighted by atomic mass is 9.77. The van der Waals surface area contributed by atoms with Crippen LogP contribution in [-0.2, 0) is 11.3 Å². The number of thioether (sulfide) groups is 1. The molecule has 0 spiro atoms. The average Bonchev–Trinajstić information content (AvgIpc) is 2.58. The van der Waals surface area contributed by atoms with E-state index in [2.05, 4.69) is 10.1 Å². The van der Waals surface area contributed by atoms with E-state index in [9.17, 15) is 13.2 Å². The highest BCUT2D eigenvalue weighted by atomic mass is 32.2. The van der Waals surface area contributed by atoms with E-state index in [0.29, 0.717) is 5.82 Å². The Hall–Kier alpha value is -0.760. The number of halogens is 3. The molecule has 0 atom stereocenters. The van der Waals surface area contributed by atoms with E-state index >= 15 is 0 Å². The Labute approximate surface area is 93.8 Å². The number of rotatable bonds is 3. The Balaban J connectivity index is 1.97. The van der Waals surface area contributed by atoms with E-state index in [0.717, 1.165) is 19.3 Å². The molecule has 0 radical (unpaired) electrons. The van der Waals surface area contributed by atoms with Crippen LogP contribution in [0.4, 0.5) is 13.2 Å². The van der Waals surface area contributed by atoms with Crippen LogP contribution in [0.15, 0.2) is 4.52 Å². The lowest BCUT2D eigenvalue weighted by Crippen LogP contribution is -2.44. The second-order valence-corrected chi connectivity index (χ2v) is 4.80. The van der Waals surface area contributed by atoms with Crippen molar-refractivity contribution in [3.05, 3.63) is 11.7 Å². The molecule has 4 nitrogen and oxygen atoms in total. The zero-order chi connectivity index (χ0) is 11.8. The van der Waals surface area contributed by atoms with E-state index in [4.69, 9.17) is 10.3 Å². The molecule has 2 rings (SSSR count). The number of nitrogens with zero attached hydrogens (tertiary/aromatic N) is 2. The van der Waals surface area contributed by atoms with E-state index in [-0.39, 0.29) is 23.4 Å². The molecule has 90 valence electrons. The van der Waals surface area contributed by atoms with Gasteiger partial charge in [-0.25, -0.2) is 0 Å². The summed E-state index contributed by atoms with van der Waals surface area (Å²) >= 11 is -0.201. The molecule has 8 heteroatoms. The van der Waals surface area contributed by atoms with Crippen LogP contribution in [0.25, 0.3) is 0 Å². The normalized spacial score (nSPS) is 19.5. The largest absolute Gasteiger partial charge is 0.442 e. The maximum absolute atomic E-state index is 11.9. The summed E-state index contributed by atoms with van der Waals surface area (Å²) in [4.78, 5) is 3.88. The van der Waals surface area contributed by atoms with Crippen molar-refractivity contribution in [2.45, 2.75) is 36.1 Å². The number of aromatic nitrogens is 2. The van der Waals surface area contributed by atoms with Gasteiger partial charge in [-0.15, -0.1) is 0 Å². The molecule has 0 aliphatic heterocycles. The van der Waals surface area contributed by atoms with Gasteiger partial charge in [-0.05, 0) is 31.0 Å². The molecular weight excluding hydrogens is 243 g/mol. The summed E-state index contributed by atoms with van der Waals surface area (Å²) in [6.07, 6.45) is 2.48. The van der Waals surface area contributed by atoms with Crippen molar-refractivity contribution in [3.63, 3.8) is 0 Å². The molecule has 1 heterocycles. The second-order valence-electron chi connectivity index (χ2n) is 3.76. The minimum Gasteiger partial charge on any atom is -0.338 e. The summed E-state index contributed by atoms with van der Waals surface area (Å²) in [5.41, 5.74) is 1.03. The van der Waals surface area contributed by atoms with Gasteiger partial charge in [-0.3, -0.25) is 0 Å². The third-order valence-electron chi connectivity index (χ3n) is 2.52. The fourth-order valence-electron chi connectivity index (χ4n) is 1.44. The van der Waals surface area contributed by atoms with Gasteiger partial charge in [0.1, 0.15) is 0 Å². The Bertz CT molecular complexity index is 375. The Morgan fingerprint density at radius 3 is 2.62 bits per heavy atom. The lowest BCUT2D eigenvalue weighted by Gasteiger charge is -2.34. The van der Waals surface area contributed by atoms with Crippen molar-refractivity contribution in [3.8, 4) is 0 Å². The average molecular weight is 253 g/mol. The molecule has 0 amide bonds. The van der Waals surface area contributed by atoms with Crippen LogP contribution in [0, 0.1) is 0 Å². The highest BCUT2D eigenvalue weighted by Crippen LogP contribution is 2.37. The number of hydrogen-bond acceptors (Lipinski definition) is 5. The summed E-state index contributed by atoms with van der Waals surface area (Å²) in [6.45, 7) is 0. The van der Waals surface area contributed by atoms with Gasteiger partial charge in [-0.2, -0.15) is 18.2 Å². The van der Waals surface area contributed by atoms with Gasteiger partial charge in [0.2, 0.25) is 5.89 Å². The standard InChI is InChI=1S/C8H10F3N3OS/c9-8(10,11)16-4-5-13-6(14-15-5)7(12)2-1-3-7/h1-4,12H2. The first-order valence-electron chi connectivity index (χ1n) is 4.72. The third-order valence-corrected chi connectivity index (χ3v) is 3.24. The van der Waals surface area contributed by atoms with Gasteiger partial charge >= 0.3 is 5.51 Å². The van der Waals surface area contributed by atoms with Crippen molar-refractivity contribution in [1.82, 2.24) is 10.1 Å². The Morgan fingerprint density at radius 2 is 2.12 bits per heavy atom. The molecular formula is C8H10F3N3OS. The molecule has 0 aromatic carbocycles. The summed E-state index contributed by atoms with van der Waals surface area (Å²) in [6, 6.07) is 0. The molecule has 0 unspecified atom stereocenters. The highest BCUT2D eigenvalue weighted by Gasteiger charge is 2.39. The summed E-state index contributed by atoms with van der Waals surface area (Å²) in [5.74, 6) is -0.0855. The van der Waals surface area contributed by atoms with Crippen LogP contribution in [0.5, 0.6) is 0 Å². The van der Waals surface area contributed by atoms with Crippen LogP contribution in [0.3, 0.4) is 0 Å². The molecule has 1 aromatic heterocycles. The van der Waals surface area contributed by atoms with Crippen LogP contribution in [-0.4, -0.2) is 15.6 Å². The topological polar surface area (TPSA) is 64.9 Å². The Morgan fingerprint density at radius 1 is 1.44 bits per heavy atom. The van der Waals surface area contributed by atoms with Gasteiger partial charge in [0.05, 0.1) is 11.3 Å². The van der Waals surface area contributed by atoms with Crippen molar-refractivity contribution >= 4 is 11.8 Å². The monoisotopic (exact) mass is 253 g/mol. The van der Waals surface area contributed by atoms with Gasteiger partial charge in [0.15, 0.2) is 5.82 Å². The van der Waals surface area contributed by atoms with Crippen LogP contribution >= 0.6 is 11.8 Å². The molecule has 1 aliphatic rings. The summed E-state index contributed by atoms with van der Waals surface area (Å²) < 4.78 is 40.4. The lowest BCUT2D eigenvalue weighted by molar-refractivity contribution is -0.0330. The van der Waals surface area contributed by atoms with Crippen molar-refractivity contribution in [1.29, 1.82) is 0 Å². The fraction of sp³-hybridized carbons (Fsp3) is 0.750. The summed E-state index contributed by atoms with van der Waals surface area (Å²) in [7, 11) is 0. The smallest absolute Gasteiger partial charge is 0.338 e. The van der Waals surface area contributed by atoms with E-state index in [1.165, 1.54) is 0 Å². The van der Waals surface area contributed by atoms with Crippen molar-refractivity contribution < 1.29 is 17.7 Å². The number of nitrogens with two attached hydrogens (primary N) is 1. The second kappa shape index (κ2) is 3.92. The first-order chi connectivity index (χ1) is 7.39. The predicted octanol–water partition coefficient (Wildman–Crippen LogP) is 2.16. The number of alkyl halides is 3. The molecule has 16 heavy (non-hydrogen) atoms. The molecule has 1 aliphatic carbocycles. The zero-order valence-corrected chi connectivity index (χ0v) is 9.07. The maximum atomic E-state index is 11.9. The van der Waals surface area contributed by atoms with Crippen molar-refractivity contribution in [2.75, 3.05) is 0 Å². The molecule has 0 saturated heterocycles. The van der Waals surface area contributed by atoms with Gasteiger partial charge < -0.3 is 10.3 Å². The van der Waals surface area contributed by atoms with E-state index in [1.807, 2.05) is 0 Å². The number of hydrogen-bond donors (Lipinski definition) is 1. The van der Waals surface area contributed by atoms with Crippen molar-refractivity contribution in [2.24, 2.45) is 5.73 Å². The predicted molar refractivity (Wildman–Crippen MR) is 51.4 cm³/mol. The Kier molecular flexibility index (Phi) is 2.87. The third kappa shape index (κ3) is 2.49. The van der Waals surface area contributed by atoms with Gasteiger partial charge in [0, 0.05) is 0 Å². The molecule has 1 saturated carbocycles. The van der Waals surface area contributed by atoms with E-state index < -0.39 is 11.0 Å². The van der Waals surface area contributed by atoms with Crippen LogP contribution in [0.2, 0.25) is 0 Å². The first kappa shape index (κ1) is 11.7. The maximum Gasteiger partial charge on any atom is 0.442 e. The summed E-state index contributed by atoms with van der Waals surface area (Å²) in [5, 5.41) is 3.62. The van der Waals surface area contributed by atoms with Gasteiger partial charge in [-0.1, -0.05) is 5.16 Å². The van der Waals surface area contributed by atoms with E-state index in [1.54, 1.807) is 0 Å². The molecule has 1 fully saturated rings. The quantitative estimate of drug-likeness (QED) is 0.894. The zero-order valence-electron chi connectivity index (χ0n) is 8.25. The minimum atomic E-state index is -4.29.